The molecule has 0 aliphatic carbocycles. The number of benzene rings is 2. The Labute approximate surface area is 218 Å². The second-order valence-electron chi connectivity index (χ2n) is 8.11. The first kappa shape index (κ1) is 25.2. The van der Waals surface area contributed by atoms with Crippen LogP contribution in [0, 0.1) is 0 Å². The van der Waals surface area contributed by atoms with E-state index >= 15 is 0 Å². The summed E-state index contributed by atoms with van der Waals surface area (Å²) in [5, 5.41) is 8.31. The van der Waals surface area contributed by atoms with E-state index in [1.54, 1.807) is 41.2 Å². The fourth-order valence-electron chi connectivity index (χ4n) is 3.44. The molecular formula is C26H24Cl3N3O3. The van der Waals surface area contributed by atoms with Crippen molar-refractivity contribution in [3.63, 3.8) is 0 Å². The smallest absolute Gasteiger partial charge is 0.292 e. The number of furan rings is 1. The molecule has 4 rings (SSSR count). The van der Waals surface area contributed by atoms with Gasteiger partial charge in [-0.05, 0) is 54.3 Å². The Morgan fingerprint density at radius 1 is 1.06 bits per heavy atom. The number of anilines is 1. The van der Waals surface area contributed by atoms with Crippen LogP contribution in [0.5, 0.6) is 5.75 Å². The van der Waals surface area contributed by atoms with Gasteiger partial charge in [0.2, 0.25) is 0 Å². The maximum Gasteiger partial charge on any atom is 0.292 e. The number of ether oxygens (including phenoxy) is 1. The van der Waals surface area contributed by atoms with Crippen molar-refractivity contribution in [3.05, 3.63) is 98.5 Å². The highest BCUT2D eigenvalue weighted by atomic mass is 35.5. The highest BCUT2D eigenvalue weighted by Gasteiger charge is 2.17. The molecule has 0 saturated heterocycles. The van der Waals surface area contributed by atoms with Crippen molar-refractivity contribution < 1.29 is 13.9 Å². The van der Waals surface area contributed by atoms with Crippen molar-refractivity contribution in [1.29, 1.82) is 0 Å². The minimum absolute atomic E-state index is 0.121. The number of halogens is 3. The quantitative estimate of drug-likeness (QED) is 0.238. The van der Waals surface area contributed by atoms with E-state index in [-0.39, 0.29) is 23.2 Å². The lowest BCUT2D eigenvalue weighted by molar-refractivity contribution is 0.0992. The SMILES string of the molecule is CCC(C)c1ccc(OCc2ccc(C(=O)Nc3nn(Cc4c(Cl)cccc4Cl)cc3Cl)o2)cc1. The third-order valence-corrected chi connectivity index (χ3v) is 6.64. The van der Waals surface area contributed by atoms with Gasteiger partial charge in [-0.3, -0.25) is 9.48 Å². The first-order valence-electron chi connectivity index (χ1n) is 11.1. The average molecular weight is 533 g/mol. The van der Waals surface area contributed by atoms with Gasteiger partial charge in [-0.25, -0.2) is 0 Å². The van der Waals surface area contributed by atoms with Crippen LogP contribution in [0.3, 0.4) is 0 Å². The lowest BCUT2D eigenvalue weighted by atomic mass is 9.99. The predicted octanol–water partition coefficient (Wildman–Crippen LogP) is 7.83. The number of carbonyl (C=O) groups is 1. The summed E-state index contributed by atoms with van der Waals surface area (Å²) in [5.74, 6) is 1.61. The van der Waals surface area contributed by atoms with E-state index in [1.165, 1.54) is 5.56 Å². The number of aromatic nitrogens is 2. The van der Waals surface area contributed by atoms with Gasteiger partial charge in [-0.1, -0.05) is 66.8 Å². The van der Waals surface area contributed by atoms with Crippen LogP contribution < -0.4 is 10.1 Å². The molecule has 2 aromatic carbocycles. The van der Waals surface area contributed by atoms with E-state index in [0.717, 1.165) is 12.2 Å². The molecule has 2 heterocycles. The molecule has 0 bridgehead atoms. The molecule has 0 spiro atoms. The highest BCUT2D eigenvalue weighted by molar-refractivity contribution is 6.36. The van der Waals surface area contributed by atoms with Gasteiger partial charge in [0.15, 0.2) is 11.6 Å². The number of rotatable bonds is 9. The monoisotopic (exact) mass is 531 g/mol. The molecule has 6 nitrogen and oxygen atoms in total. The third-order valence-electron chi connectivity index (χ3n) is 5.66. The molecule has 0 fully saturated rings. The van der Waals surface area contributed by atoms with Crippen molar-refractivity contribution in [2.75, 3.05) is 5.32 Å². The van der Waals surface area contributed by atoms with E-state index in [2.05, 4.69) is 36.4 Å². The Balaban J connectivity index is 1.36. The summed E-state index contributed by atoms with van der Waals surface area (Å²) in [5.41, 5.74) is 1.98. The van der Waals surface area contributed by atoms with Gasteiger partial charge in [-0.15, -0.1) is 0 Å². The largest absolute Gasteiger partial charge is 0.486 e. The van der Waals surface area contributed by atoms with Crippen LogP contribution >= 0.6 is 34.8 Å². The molecule has 0 radical (unpaired) electrons. The molecule has 1 atom stereocenters. The number of hydrogen-bond acceptors (Lipinski definition) is 4. The van der Waals surface area contributed by atoms with Gasteiger partial charge >= 0.3 is 0 Å². The fourth-order valence-corrected chi connectivity index (χ4v) is 4.15. The van der Waals surface area contributed by atoms with Crippen molar-refractivity contribution in [3.8, 4) is 5.75 Å². The normalized spacial score (nSPS) is 11.9. The Morgan fingerprint density at radius 2 is 1.77 bits per heavy atom. The summed E-state index contributed by atoms with van der Waals surface area (Å²) in [4.78, 5) is 12.7. The average Bonchev–Trinajstić information content (AvgIpc) is 3.46. The van der Waals surface area contributed by atoms with Crippen LogP contribution in [0.15, 0.2) is 65.2 Å². The summed E-state index contributed by atoms with van der Waals surface area (Å²) in [6.07, 6.45) is 2.67. The summed E-state index contributed by atoms with van der Waals surface area (Å²) in [6, 6.07) is 16.5. The molecule has 4 aromatic rings. The summed E-state index contributed by atoms with van der Waals surface area (Å²) in [7, 11) is 0. The zero-order valence-electron chi connectivity index (χ0n) is 19.2. The first-order valence-corrected chi connectivity index (χ1v) is 12.3. The van der Waals surface area contributed by atoms with Crippen molar-refractivity contribution >= 4 is 46.5 Å². The van der Waals surface area contributed by atoms with Gasteiger partial charge < -0.3 is 14.5 Å². The Hall–Kier alpha value is -2.93. The molecule has 0 saturated carbocycles. The fraction of sp³-hybridized carbons (Fsp3) is 0.231. The maximum atomic E-state index is 12.7. The molecule has 0 aliphatic rings. The van der Waals surface area contributed by atoms with E-state index in [4.69, 9.17) is 44.0 Å². The van der Waals surface area contributed by atoms with Crippen molar-refractivity contribution in [2.24, 2.45) is 0 Å². The highest BCUT2D eigenvalue weighted by Crippen LogP contribution is 2.27. The van der Waals surface area contributed by atoms with Crippen LogP contribution in [0.25, 0.3) is 0 Å². The number of amides is 1. The molecule has 9 heteroatoms. The molecule has 0 aliphatic heterocycles. The van der Waals surface area contributed by atoms with Crippen LogP contribution in [-0.4, -0.2) is 15.7 Å². The number of hydrogen-bond donors (Lipinski definition) is 1. The van der Waals surface area contributed by atoms with Gasteiger partial charge in [0.25, 0.3) is 5.91 Å². The second-order valence-corrected chi connectivity index (χ2v) is 9.33. The summed E-state index contributed by atoms with van der Waals surface area (Å²) >= 11 is 18.7. The summed E-state index contributed by atoms with van der Waals surface area (Å²) < 4.78 is 13.0. The van der Waals surface area contributed by atoms with Crippen molar-refractivity contribution in [2.45, 2.75) is 39.3 Å². The van der Waals surface area contributed by atoms with Gasteiger partial charge in [0.05, 0.1) is 6.54 Å². The first-order chi connectivity index (χ1) is 16.8. The lowest BCUT2D eigenvalue weighted by Gasteiger charge is -2.10. The Morgan fingerprint density at radius 3 is 2.46 bits per heavy atom. The standard InChI is InChI=1S/C26H24Cl3N3O3/c1-3-16(2)17-7-9-18(10-8-17)34-15-19-11-12-24(35-19)26(33)30-25-23(29)14-32(31-25)13-20-21(27)5-4-6-22(20)28/h4-12,14,16H,3,13,15H2,1-2H3,(H,30,31,33). The Kier molecular flexibility index (Phi) is 8.06. The molecular weight excluding hydrogens is 509 g/mol. The minimum Gasteiger partial charge on any atom is -0.486 e. The number of carbonyl (C=O) groups excluding carboxylic acids is 1. The topological polar surface area (TPSA) is 69.3 Å². The van der Waals surface area contributed by atoms with Crippen LogP contribution in [0.4, 0.5) is 5.82 Å². The van der Waals surface area contributed by atoms with Gasteiger partial charge in [-0.2, -0.15) is 5.10 Å². The number of nitrogens with one attached hydrogen (secondary N) is 1. The van der Waals surface area contributed by atoms with Gasteiger partial charge in [0.1, 0.15) is 23.1 Å². The van der Waals surface area contributed by atoms with Crippen LogP contribution in [-0.2, 0) is 13.2 Å². The van der Waals surface area contributed by atoms with Crippen LogP contribution in [0.2, 0.25) is 15.1 Å². The molecule has 1 amide bonds. The summed E-state index contributed by atoms with van der Waals surface area (Å²) in [6.45, 7) is 4.85. The zero-order chi connectivity index (χ0) is 24.9. The molecule has 1 N–H and O–H groups in total. The third kappa shape index (κ3) is 6.20. The zero-order valence-corrected chi connectivity index (χ0v) is 21.5. The molecule has 1 unspecified atom stereocenters. The second kappa shape index (κ2) is 11.2. The van der Waals surface area contributed by atoms with E-state index in [0.29, 0.717) is 33.8 Å². The maximum absolute atomic E-state index is 12.7. The van der Waals surface area contributed by atoms with Crippen LogP contribution in [0.1, 0.15) is 53.6 Å². The lowest BCUT2D eigenvalue weighted by Crippen LogP contribution is -2.12. The van der Waals surface area contributed by atoms with E-state index in [9.17, 15) is 4.79 Å². The molecule has 2 aromatic heterocycles. The number of nitrogens with zero attached hydrogens (tertiary/aromatic N) is 2. The Bertz CT molecular complexity index is 1290. The van der Waals surface area contributed by atoms with E-state index in [1.807, 2.05) is 12.1 Å². The molecule has 182 valence electrons. The minimum atomic E-state index is -0.475. The van der Waals surface area contributed by atoms with E-state index < -0.39 is 5.91 Å². The van der Waals surface area contributed by atoms with Gasteiger partial charge in [0, 0.05) is 21.8 Å². The van der Waals surface area contributed by atoms with Crippen molar-refractivity contribution in [1.82, 2.24) is 9.78 Å². The molecule has 35 heavy (non-hydrogen) atoms. The predicted molar refractivity (Wildman–Crippen MR) is 139 cm³/mol.